The molecule has 0 radical (unpaired) electrons. The second kappa shape index (κ2) is 12.1. The van der Waals surface area contributed by atoms with Gasteiger partial charge >= 0.3 is 5.97 Å². The number of rotatable bonds is 8. The lowest BCUT2D eigenvalue weighted by Gasteiger charge is -2.41. The van der Waals surface area contributed by atoms with Crippen molar-refractivity contribution in [2.75, 3.05) is 11.4 Å². The van der Waals surface area contributed by atoms with E-state index < -0.39 is 44.4 Å². The van der Waals surface area contributed by atoms with Crippen LogP contribution in [0.25, 0.3) is 0 Å². The van der Waals surface area contributed by atoms with Crippen LogP contribution in [0.15, 0.2) is 53.6 Å². The first-order valence-corrected chi connectivity index (χ1v) is 15.5. The average molecular weight is 607 g/mol. The number of hydrogen-bond donors (Lipinski definition) is 2. The van der Waals surface area contributed by atoms with Gasteiger partial charge in [0.05, 0.1) is 28.8 Å². The summed E-state index contributed by atoms with van der Waals surface area (Å²) in [5.74, 6) is -2.95. The smallest absolute Gasteiger partial charge is 0.339 e. The molecular formula is C31H31FN4O6S. The van der Waals surface area contributed by atoms with E-state index in [0.717, 1.165) is 40.9 Å². The number of halogens is 1. The number of hydrogen-bond acceptors (Lipinski definition) is 7. The first-order valence-electron chi connectivity index (χ1n) is 14.1. The molecule has 1 saturated heterocycles. The van der Waals surface area contributed by atoms with Gasteiger partial charge in [0.25, 0.3) is 0 Å². The molecule has 0 spiro atoms. The number of benzene rings is 2. The number of nitrogens with zero attached hydrogens (tertiary/aromatic N) is 4. The normalized spacial score (nSPS) is 17.6. The van der Waals surface area contributed by atoms with E-state index in [9.17, 15) is 37.9 Å². The Morgan fingerprint density at radius 2 is 1.86 bits per heavy atom. The first kappa shape index (κ1) is 30.1. The summed E-state index contributed by atoms with van der Waals surface area (Å²) in [4.78, 5) is 30.8. The molecule has 1 aromatic heterocycles. The van der Waals surface area contributed by atoms with Crippen LogP contribution in [0.5, 0.6) is 5.75 Å². The lowest BCUT2D eigenvalue weighted by molar-refractivity contribution is -0.125. The summed E-state index contributed by atoms with van der Waals surface area (Å²) >= 11 is 0. The Morgan fingerprint density at radius 3 is 2.44 bits per heavy atom. The van der Waals surface area contributed by atoms with E-state index in [4.69, 9.17) is 0 Å². The minimum absolute atomic E-state index is 0.00149. The third kappa shape index (κ3) is 5.96. The largest absolute Gasteiger partial charge is 0.507 e. The zero-order valence-corrected chi connectivity index (χ0v) is 24.3. The number of carboxylic acids is 1. The van der Waals surface area contributed by atoms with Gasteiger partial charge in [-0.05, 0) is 68.0 Å². The zero-order valence-electron chi connectivity index (χ0n) is 23.5. The fourth-order valence-electron chi connectivity index (χ4n) is 5.67. The van der Waals surface area contributed by atoms with E-state index in [2.05, 4.69) is 4.98 Å². The number of phenols is 1. The number of sulfonamides is 1. The van der Waals surface area contributed by atoms with Gasteiger partial charge in [0.15, 0.2) is 0 Å². The molecule has 1 aliphatic heterocycles. The number of amides is 1. The second-order valence-electron chi connectivity index (χ2n) is 11.0. The number of pyridine rings is 1. The molecule has 2 fully saturated rings. The Bertz CT molecular complexity index is 1720. The van der Waals surface area contributed by atoms with Crippen molar-refractivity contribution in [2.24, 2.45) is 0 Å². The Hall–Kier alpha value is -4.34. The van der Waals surface area contributed by atoms with Crippen LogP contribution in [0.4, 0.5) is 10.1 Å². The predicted molar refractivity (Wildman–Crippen MR) is 154 cm³/mol. The maximum absolute atomic E-state index is 14.5. The van der Waals surface area contributed by atoms with Crippen LogP contribution in [0, 0.1) is 24.1 Å². The van der Waals surface area contributed by atoms with Crippen LogP contribution in [0.3, 0.4) is 0 Å². The summed E-state index contributed by atoms with van der Waals surface area (Å²) in [6.45, 7) is 1.30. The first-order chi connectivity index (χ1) is 20.5. The van der Waals surface area contributed by atoms with Crippen molar-refractivity contribution >= 4 is 27.6 Å². The van der Waals surface area contributed by atoms with Crippen LogP contribution in [0.1, 0.15) is 77.2 Å². The van der Waals surface area contributed by atoms with E-state index in [0.29, 0.717) is 11.6 Å². The number of aromatic hydroxyl groups is 1. The third-order valence-electron chi connectivity index (χ3n) is 8.33. The second-order valence-corrected chi connectivity index (χ2v) is 12.8. The van der Waals surface area contributed by atoms with Crippen molar-refractivity contribution in [3.05, 3.63) is 82.4 Å². The Morgan fingerprint density at radius 1 is 1.12 bits per heavy atom. The van der Waals surface area contributed by atoms with Crippen molar-refractivity contribution in [2.45, 2.75) is 68.8 Å². The van der Waals surface area contributed by atoms with Crippen molar-refractivity contribution in [3.63, 3.8) is 0 Å². The summed E-state index contributed by atoms with van der Waals surface area (Å²) < 4.78 is 42.4. The van der Waals surface area contributed by atoms with Crippen LogP contribution in [-0.2, 0) is 21.4 Å². The summed E-state index contributed by atoms with van der Waals surface area (Å²) in [5.41, 5.74) is 1.33. The fraction of sp³-hybridized carbons (Fsp3) is 0.355. The number of anilines is 1. The quantitative estimate of drug-likeness (QED) is 0.369. The molecule has 12 heteroatoms. The van der Waals surface area contributed by atoms with E-state index in [1.165, 1.54) is 43.2 Å². The number of aromatic nitrogens is 1. The number of carbonyl (C=O) groups is 2. The van der Waals surface area contributed by atoms with Gasteiger partial charge < -0.3 is 15.1 Å². The molecule has 1 amide bonds. The lowest BCUT2D eigenvalue weighted by Crippen LogP contribution is -2.59. The predicted octanol–water partition coefficient (Wildman–Crippen LogP) is 4.85. The molecular weight excluding hydrogens is 575 g/mol. The molecule has 3 aromatic rings. The van der Waals surface area contributed by atoms with Crippen molar-refractivity contribution < 1.29 is 32.6 Å². The monoisotopic (exact) mass is 606 g/mol. The Balaban J connectivity index is 1.46. The minimum Gasteiger partial charge on any atom is -0.507 e. The van der Waals surface area contributed by atoms with E-state index in [1.54, 1.807) is 12.3 Å². The maximum Gasteiger partial charge on any atom is 0.339 e. The topological polar surface area (TPSA) is 152 Å². The summed E-state index contributed by atoms with van der Waals surface area (Å²) in [6, 6.07) is 10.0. The highest BCUT2D eigenvalue weighted by Gasteiger charge is 2.45. The molecule has 0 unspecified atom stereocenters. The van der Waals surface area contributed by atoms with Crippen molar-refractivity contribution in [3.8, 4) is 11.8 Å². The van der Waals surface area contributed by atoms with Gasteiger partial charge in [-0.15, -0.1) is 0 Å². The van der Waals surface area contributed by atoms with Crippen molar-refractivity contribution in [1.29, 1.82) is 5.26 Å². The molecule has 0 bridgehead atoms. The molecule has 224 valence electrons. The van der Waals surface area contributed by atoms with Gasteiger partial charge in [-0.25, -0.2) is 17.6 Å². The average Bonchev–Trinajstić information content (AvgIpc) is 2.96. The molecule has 2 N–H and O–H groups in total. The van der Waals surface area contributed by atoms with Gasteiger partial charge in [-0.1, -0.05) is 25.3 Å². The van der Waals surface area contributed by atoms with Gasteiger partial charge in [0.1, 0.15) is 23.2 Å². The molecule has 1 aliphatic carbocycles. The summed E-state index contributed by atoms with van der Waals surface area (Å²) in [7, 11) is -4.35. The SMILES string of the molecule is Cc1c(F)cc(S(=O)(=O)N2CC[C@@H]2C(=O)N(Cc2ccc(C3CCCCC3)cn2)c2ccc(C(=O)O)c(O)c2)cc1C#N. The standard InChI is InChI=1S/C31H31FN4O6S/c1-19-22(16-33)13-25(15-27(19)32)43(41,42)36-12-11-28(36)30(38)35(24-9-10-26(31(39)40)29(37)14-24)18-23-8-7-21(17-34-23)20-5-3-2-4-6-20/h7-10,13-15,17,20,28,37H,2-6,11-12,18H2,1H3,(H,39,40)/t28-/m1/s1. The van der Waals surface area contributed by atoms with Gasteiger partial charge in [0, 0.05) is 30.1 Å². The molecule has 5 rings (SSSR count). The molecule has 1 atom stereocenters. The number of carbonyl (C=O) groups excluding carboxylic acids is 1. The molecule has 2 aromatic carbocycles. The highest BCUT2D eigenvalue weighted by Crippen LogP contribution is 2.34. The third-order valence-corrected chi connectivity index (χ3v) is 10.2. The van der Waals surface area contributed by atoms with Crippen LogP contribution in [-0.4, -0.2) is 52.4 Å². The van der Waals surface area contributed by atoms with Crippen LogP contribution < -0.4 is 4.90 Å². The van der Waals surface area contributed by atoms with E-state index in [1.807, 2.05) is 12.1 Å². The highest BCUT2D eigenvalue weighted by atomic mass is 32.2. The van der Waals surface area contributed by atoms with E-state index >= 15 is 0 Å². The van der Waals surface area contributed by atoms with Gasteiger partial charge in [0.2, 0.25) is 15.9 Å². The molecule has 2 heterocycles. The highest BCUT2D eigenvalue weighted by molar-refractivity contribution is 7.89. The molecule has 2 aliphatic rings. The minimum atomic E-state index is -4.35. The van der Waals surface area contributed by atoms with Crippen LogP contribution >= 0.6 is 0 Å². The number of nitriles is 1. The molecule has 10 nitrogen and oxygen atoms in total. The van der Waals surface area contributed by atoms with Gasteiger partial charge in [-0.3, -0.25) is 9.78 Å². The number of aromatic carboxylic acids is 1. The van der Waals surface area contributed by atoms with Crippen LogP contribution in [0.2, 0.25) is 0 Å². The van der Waals surface area contributed by atoms with Crippen molar-refractivity contribution in [1.82, 2.24) is 9.29 Å². The lowest BCUT2D eigenvalue weighted by atomic mass is 9.85. The Labute approximate surface area is 249 Å². The zero-order chi connectivity index (χ0) is 30.9. The molecule has 43 heavy (non-hydrogen) atoms. The fourth-order valence-corrected chi connectivity index (χ4v) is 7.33. The summed E-state index contributed by atoms with van der Waals surface area (Å²) in [6.07, 6.45) is 7.70. The molecule has 1 saturated carbocycles. The Kier molecular flexibility index (Phi) is 8.48. The van der Waals surface area contributed by atoms with Gasteiger partial charge in [-0.2, -0.15) is 9.57 Å². The maximum atomic E-state index is 14.5. The summed E-state index contributed by atoms with van der Waals surface area (Å²) in [5, 5.41) is 29.1. The number of carboxylic acid groups (broad SMARTS) is 1. The van der Waals surface area contributed by atoms with E-state index in [-0.39, 0.29) is 41.9 Å².